The molecule has 4 N–H and O–H groups in total. The highest BCUT2D eigenvalue weighted by Gasteiger charge is 2.19. The van der Waals surface area contributed by atoms with Crippen molar-refractivity contribution in [3.63, 3.8) is 0 Å². The van der Waals surface area contributed by atoms with E-state index < -0.39 is 15.9 Å². The molecule has 1 aliphatic rings. The number of carbonyl (C=O) groups is 1. The van der Waals surface area contributed by atoms with Gasteiger partial charge in [-0.05, 0) is 48.7 Å². The fraction of sp³-hybridized carbons (Fsp3) is 0.125. The Balaban J connectivity index is 1.94. The molecular formula is C16H15N3O4S. The molecule has 0 saturated carbocycles. The van der Waals surface area contributed by atoms with Gasteiger partial charge in [-0.3, -0.25) is 14.5 Å². The number of hydrogen-bond donors (Lipinski definition) is 3. The van der Waals surface area contributed by atoms with Crippen LogP contribution in [0.1, 0.15) is 22.3 Å². The van der Waals surface area contributed by atoms with Crippen LogP contribution in [0.5, 0.6) is 5.75 Å². The minimum Gasteiger partial charge on any atom is -0.507 e. The number of fused-ring (bicyclic) bond motifs is 1. The number of hydrogen-bond acceptors (Lipinski definition) is 5. The zero-order chi connectivity index (χ0) is 17.3. The molecule has 0 unspecified atom stereocenters. The van der Waals surface area contributed by atoms with Gasteiger partial charge in [-0.15, -0.1) is 0 Å². The summed E-state index contributed by atoms with van der Waals surface area (Å²) in [5.41, 5.74) is 7.01. The highest BCUT2D eigenvalue weighted by atomic mass is 32.2. The summed E-state index contributed by atoms with van der Waals surface area (Å²) in [5, 5.41) is 9.56. The van der Waals surface area contributed by atoms with Gasteiger partial charge in [0.15, 0.2) is 0 Å². The monoisotopic (exact) mass is 345 g/mol. The van der Waals surface area contributed by atoms with Crippen LogP contribution in [0.15, 0.2) is 46.3 Å². The molecule has 8 heteroatoms. The van der Waals surface area contributed by atoms with Crippen molar-refractivity contribution in [1.29, 1.82) is 0 Å². The number of phenols is 1. The van der Waals surface area contributed by atoms with Gasteiger partial charge in [0.05, 0.1) is 21.8 Å². The Morgan fingerprint density at radius 1 is 1.21 bits per heavy atom. The SMILES string of the molecule is NC(=O)c1cc(S(=O)(=O)Nc2ccc3c(c2)N=CCC3)ccc1O. The molecule has 2 aromatic carbocycles. The lowest BCUT2D eigenvalue weighted by atomic mass is 10.1. The first-order chi connectivity index (χ1) is 11.4. The lowest BCUT2D eigenvalue weighted by Gasteiger charge is -2.13. The topological polar surface area (TPSA) is 122 Å². The van der Waals surface area contributed by atoms with E-state index in [1.807, 2.05) is 6.07 Å². The number of aromatic hydroxyl groups is 1. The van der Waals surface area contributed by atoms with Gasteiger partial charge in [0.25, 0.3) is 15.9 Å². The number of rotatable bonds is 4. The second-order valence-electron chi connectivity index (χ2n) is 5.34. The summed E-state index contributed by atoms with van der Waals surface area (Å²) in [6.07, 6.45) is 3.52. The predicted molar refractivity (Wildman–Crippen MR) is 90.3 cm³/mol. The first-order valence-electron chi connectivity index (χ1n) is 7.18. The molecule has 124 valence electrons. The minimum absolute atomic E-state index is 0.171. The summed E-state index contributed by atoms with van der Waals surface area (Å²) < 4.78 is 27.4. The summed E-state index contributed by atoms with van der Waals surface area (Å²) in [7, 11) is -3.93. The number of carbonyl (C=O) groups excluding carboxylic acids is 1. The maximum atomic E-state index is 12.5. The number of primary amides is 1. The lowest BCUT2D eigenvalue weighted by molar-refractivity contribution is 0.0997. The van der Waals surface area contributed by atoms with Crippen molar-refractivity contribution in [2.45, 2.75) is 17.7 Å². The summed E-state index contributed by atoms with van der Waals surface area (Å²) in [6.45, 7) is 0. The van der Waals surface area contributed by atoms with Crippen LogP contribution in [-0.4, -0.2) is 25.6 Å². The maximum Gasteiger partial charge on any atom is 0.261 e. The van der Waals surface area contributed by atoms with E-state index in [2.05, 4.69) is 9.71 Å². The van der Waals surface area contributed by atoms with E-state index in [-0.39, 0.29) is 16.2 Å². The fourth-order valence-electron chi connectivity index (χ4n) is 2.44. The van der Waals surface area contributed by atoms with Gasteiger partial charge in [-0.2, -0.15) is 0 Å². The van der Waals surface area contributed by atoms with E-state index in [0.29, 0.717) is 5.69 Å². The van der Waals surface area contributed by atoms with E-state index >= 15 is 0 Å². The molecule has 3 rings (SSSR count). The van der Waals surface area contributed by atoms with E-state index in [1.165, 1.54) is 6.07 Å². The first kappa shape index (κ1) is 16.0. The Hall–Kier alpha value is -2.87. The third-order valence-electron chi connectivity index (χ3n) is 3.65. The van der Waals surface area contributed by atoms with Crippen LogP contribution in [0.25, 0.3) is 0 Å². The van der Waals surface area contributed by atoms with E-state index in [0.717, 1.165) is 36.2 Å². The van der Waals surface area contributed by atoms with E-state index in [9.17, 15) is 18.3 Å². The smallest absolute Gasteiger partial charge is 0.261 e. The molecule has 0 aliphatic carbocycles. The van der Waals surface area contributed by atoms with Crippen molar-refractivity contribution < 1.29 is 18.3 Å². The molecule has 1 aliphatic heterocycles. The van der Waals surface area contributed by atoms with Crippen molar-refractivity contribution in [3.05, 3.63) is 47.5 Å². The maximum absolute atomic E-state index is 12.5. The van der Waals surface area contributed by atoms with Gasteiger partial charge in [0.1, 0.15) is 5.75 Å². The van der Waals surface area contributed by atoms with E-state index in [1.54, 1.807) is 18.3 Å². The zero-order valence-electron chi connectivity index (χ0n) is 12.6. The summed E-state index contributed by atoms with van der Waals surface area (Å²) in [4.78, 5) is 15.3. The highest BCUT2D eigenvalue weighted by Crippen LogP contribution is 2.29. The van der Waals surface area contributed by atoms with Crippen LogP contribution < -0.4 is 10.5 Å². The van der Waals surface area contributed by atoms with Crippen molar-refractivity contribution in [2.75, 3.05) is 4.72 Å². The van der Waals surface area contributed by atoms with Gasteiger partial charge in [0.2, 0.25) is 0 Å². The predicted octanol–water partition coefficient (Wildman–Crippen LogP) is 1.94. The fourth-order valence-corrected chi connectivity index (χ4v) is 3.51. The van der Waals surface area contributed by atoms with Gasteiger partial charge in [-0.25, -0.2) is 8.42 Å². The van der Waals surface area contributed by atoms with Gasteiger partial charge >= 0.3 is 0 Å². The molecular weight excluding hydrogens is 330 g/mol. The lowest BCUT2D eigenvalue weighted by Crippen LogP contribution is -2.16. The molecule has 0 bridgehead atoms. The largest absolute Gasteiger partial charge is 0.507 e. The van der Waals surface area contributed by atoms with Crippen LogP contribution in [0.3, 0.4) is 0 Å². The molecule has 0 radical (unpaired) electrons. The van der Waals surface area contributed by atoms with Crippen molar-refractivity contribution in [2.24, 2.45) is 10.7 Å². The first-order valence-corrected chi connectivity index (χ1v) is 8.66. The molecule has 0 atom stereocenters. The number of amides is 1. The van der Waals surface area contributed by atoms with Gasteiger partial charge < -0.3 is 10.8 Å². The Kier molecular flexibility index (Phi) is 3.98. The average Bonchev–Trinajstić information content (AvgIpc) is 2.54. The second kappa shape index (κ2) is 5.97. The third kappa shape index (κ3) is 3.09. The standard InChI is InChI=1S/C16H15N3O4S/c17-16(21)13-9-12(5-6-15(13)20)24(22,23)19-11-4-3-10-2-1-7-18-14(10)8-11/h3-9,19-20H,1-2H2,(H2,17,21). The number of benzene rings is 2. The number of aryl methyl sites for hydroxylation is 1. The van der Waals surface area contributed by atoms with Crippen LogP contribution in [0.4, 0.5) is 11.4 Å². The Bertz CT molecular complexity index is 952. The van der Waals surface area contributed by atoms with Crippen LogP contribution in [0, 0.1) is 0 Å². The van der Waals surface area contributed by atoms with Gasteiger partial charge in [0, 0.05) is 6.21 Å². The van der Waals surface area contributed by atoms with Gasteiger partial charge in [-0.1, -0.05) is 6.07 Å². The molecule has 1 amide bonds. The minimum atomic E-state index is -3.93. The number of nitrogens with one attached hydrogen (secondary N) is 1. The molecule has 7 nitrogen and oxygen atoms in total. The molecule has 2 aromatic rings. The quantitative estimate of drug-likeness (QED) is 0.783. The van der Waals surface area contributed by atoms with Crippen LogP contribution in [0.2, 0.25) is 0 Å². The zero-order valence-corrected chi connectivity index (χ0v) is 13.4. The number of aliphatic imine (C=N–C) groups is 1. The number of nitrogens with two attached hydrogens (primary N) is 1. The molecule has 0 fully saturated rings. The molecule has 0 saturated heterocycles. The molecule has 0 spiro atoms. The van der Waals surface area contributed by atoms with Crippen molar-refractivity contribution in [3.8, 4) is 5.75 Å². The number of nitrogens with zero attached hydrogens (tertiary/aromatic N) is 1. The van der Waals surface area contributed by atoms with Crippen molar-refractivity contribution >= 4 is 33.5 Å². The van der Waals surface area contributed by atoms with Crippen LogP contribution >= 0.6 is 0 Å². The molecule has 1 heterocycles. The van der Waals surface area contributed by atoms with E-state index in [4.69, 9.17) is 5.73 Å². The highest BCUT2D eigenvalue weighted by molar-refractivity contribution is 7.92. The summed E-state index contributed by atoms with van der Waals surface area (Å²) in [6, 6.07) is 8.49. The number of anilines is 1. The van der Waals surface area contributed by atoms with Crippen molar-refractivity contribution in [1.82, 2.24) is 0 Å². The Morgan fingerprint density at radius 3 is 2.75 bits per heavy atom. The molecule has 0 aromatic heterocycles. The summed E-state index contributed by atoms with van der Waals surface area (Å²) >= 11 is 0. The average molecular weight is 345 g/mol. The Labute approximate surface area is 138 Å². The summed E-state index contributed by atoms with van der Waals surface area (Å²) in [5.74, 6) is -1.28. The molecule has 24 heavy (non-hydrogen) atoms. The third-order valence-corrected chi connectivity index (χ3v) is 5.03. The second-order valence-corrected chi connectivity index (χ2v) is 7.02. The number of sulfonamides is 1. The van der Waals surface area contributed by atoms with Crippen LogP contribution in [-0.2, 0) is 16.4 Å². The normalized spacial score (nSPS) is 13.3. The Morgan fingerprint density at radius 2 is 2.00 bits per heavy atom.